The first-order chi connectivity index (χ1) is 15.7. The second-order valence-electron chi connectivity index (χ2n) is 10.2. The monoisotopic (exact) mass is 467 g/mol. The first kappa shape index (κ1) is 23.1. The fraction of sp³-hybridized carbons (Fsp3) is 0.750. The number of amides is 1. The van der Waals surface area contributed by atoms with Crippen molar-refractivity contribution >= 4 is 5.91 Å². The average molecular weight is 468 g/mol. The summed E-state index contributed by atoms with van der Waals surface area (Å²) < 4.78 is 45.1. The van der Waals surface area contributed by atoms with Crippen molar-refractivity contribution < 1.29 is 27.8 Å². The highest BCUT2D eigenvalue weighted by atomic mass is 19.4. The maximum atomic E-state index is 13.8. The lowest BCUT2D eigenvalue weighted by Gasteiger charge is -2.39. The normalized spacial score (nSPS) is 32.6. The summed E-state index contributed by atoms with van der Waals surface area (Å²) in [6, 6.07) is 1.72. The molecular formula is C24H32F3N3O3. The van der Waals surface area contributed by atoms with Crippen LogP contribution < -0.4 is 0 Å². The van der Waals surface area contributed by atoms with Gasteiger partial charge in [-0.15, -0.1) is 0 Å². The van der Waals surface area contributed by atoms with Crippen LogP contribution in [0.15, 0.2) is 12.3 Å². The Hall–Kier alpha value is -1.71. The molecule has 2 unspecified atom stereocenters. The number of fused-ring (bicyclic) bond motifs is 2. The van der Waals surface area contributed by atoms with Gasteiger partial charge >= 0.3 is 6.18 Å². The van der Waals surface area contributed by atoms with Crippen LogP contribution in [0.2, 0.25) is 0 Å². The quantitative estimate of drug-likeness (QED) is 0.738. The third-order valence-corrected chi connectivity index (χ3v) is 8.68. The second-order valence-corrected chi connectivity index (χ2v) is 10.2. The van der Waals surface area contributed by atoms with E-state index in [0.29, 0.717) is 30.3 Å². The van der Waals surface area contributed by atoms with Crippen molar-refractivity contribution in [3.05, 3.63) is 29.1 Å². The maximum Gasteiger partial charge on any atom is 0.417 e. The van der Waals surface area contributed by atoms with E-state index in [9.17, 15) is 23.1 Å². The Morgan fingerprint density at radius 2 is 2.03 bits per heavy atom. The van der Waals surface area contributed by atoms with Crippen molar-refractivity contribution in [2.45, 2.75) is 76.3 Å². The second kappa shape index (κ2) is 8.50. The van der Waals surface area contributed by atoms with Gasteiger partial charge in [0, 0.05) is 62.7 Å². The molecule has 1 saturated carbocycles. The lowest BCUT2D eigenvalue weighted by Crippen LogP contribution is -2.47. The first-order valence-electron chi connectivity index (χ1n) is 12.0. The van der Waals surface area contributed by atoms with Crippen LogP contribution in [0.1, 0.15) is 55.8 Å². The highest BCUT2D eigenvalue weighted by molar-refractivity contribution is 5.87. The van der Waals surface area contributed by atoms with E-state index in [2.05, 4.69) is 16.8 Å². The van der Waals surface area contributed by atoms with Crippen molar-refractivity contribution in [3.63, 3.8) is 0 Å². The van der Waals surface area contributed by atoms with Crippen LogP contribution in [-0.2, 0) is 28.7 Å². The summed E-state index contributed by atoms with van der Waals surface area (Å²) >= 11 is 0. The topological polar surface area (TPSA) is 65.9 Å². The molecule has 4 aliphatic rings. The van der Waals surface area contributed by atoms with Gasteiger partial charge in [-0.2, -0.15) is 13.2 Å². The zero-order chi connectivity index (χ0) is 23.4. The molecule has 1 aliphatic carbocycles. The van der Waals surface area contributed by atoms with Gasteiger partial charge < -0.3 is 14.7 Å². The lowest BCUT2D eigenvalue weighted by molar-refractivity contribution is -0.138. The molecule has 3 aliphatic heterocycles. The standard InChI is InChI=1S/C24H32F3N3O3/c1-15-21-11-20-16(10-17(13-28-20)24(25,26)27)14-30(21)22(32)23(15)5-2-19(12-23)29(6-7-31)18-3-8-33-9-4-18/h10,13,15,18-19,21,31H,2-9,11-12,14H2,1H3/t15?,19-,21?,23+/m1/s1. The highest BCUT2D eigenvalue weighted by Crippen LogP contribution is 2.55. The Kier molecular flexibility index (Phi) is 5.94. The number of ether oxygens (including phenoxy) is 1. The van der Waals surface area contributed by atoms with Crippen molar-refractivity contribution in [1.82, 2.24) is 14.8 Å². The Morgan fingerprint density at radius 1 is 1.27 bits per heavy atom. The van der Waals surface area contributed by atoms with Crippen molar-refractivity contribution in [2.24, 2.45) is 11.3 Å². The molecule has 2 saturated heterocycles. The third-order valence-electron chi connectivity index (χ3n) is 8.68. The van der Waals surface area contributed by atoms with Crippen LogP contribution in [0.3, 0.4) is 0 Å². The van der Waals surface area contributed by atoms with E-state index in [0.717, 1.165) is 57.6 Å². The zero-order valence-electron chi connectivity index (χ0n) is 19.0. The Labute approximate surface area is 192 Å². The van der Waals surface area contributed by atoms with E-state index >= 15 is 0 Å². The summed E-state index contributed by atoms with van der Waals surface area (Å²) in [6.07, 6.45) is 1.28. The molecule has 9 heteroatoms. The van der Waals surface area contributed by atoms with E-state index in [1.165, 1.54) is 0 Å². The number of aliphatic hydroxyl groups excluding tert-OH is 1. The number of nitrogens with zero attached hydrogens (tertiary/aromatic N) is 3. The van der Waals surface area contributed by atoms with E-state index in [4.69, 9.17) is 4.74 Å². The van der Waals surface area contributed by atoms with E-state index < -0.39 is 17.2 Å². The average Bonchev–Trinajstić information content (AvgIpc) is 3.33. The highest BCUT2D eigenvalue weighted by Gasteiger charge is 2.61. The molecule has 1 spiro atoms. The predicted octanol–water partition coefficient (Wildman–Crippen LogP) is 3.02. The molecule has 6 nitrogen and oxygen atoms in total. The van der Waals surface area contributed by atoms with Crippen LogP contribution in [0, 0.1) is 11.3 Å². The SMILES string of the molecule is CC1C2Cc3ncc(C(F)(F)F)cc3CN2C(=O)[C@]12CC[C@@H](N(CCO)C1CCOCC1)C2. The third kappa shape index (κ3) is 3.86. The smallest absolute Gasteiger partial charge is 0.395 e. The molecule has 1 N–H and O–H groups in total. The molecule has 0 radical (unpaired) electrons. The minimum atomic E-state index is -4.44. The molecule has 0 aromatic carbocycles. The summed E-state index contributed by atoms with van der Waals surface area (Å²) in [7, 11) is 0. The van der Waals surface area contributed by atoms with Gasteiger partial charge in [-0.1, -0.05) is 6.92 Å². The number of rotatable bonds is 4. The largest absolute Gasteiger partial charge is 0.417 e. The fourth-order valence-electron chi connectivity index (χ4n) is 6.88. The van der Waals surface area contributed by atoms with Gasteiger partial charge in [0.2, 0.25) is 5.91 Å². The molecule has 3 fully saturated rings. The number of hydrogen-bond acceptors (Lipinski definition) is 5. The molecule has 1 amide bonds. The summed E-state index contributed by atoms with van der Waals surface area (Å²) in [5, 5.41) is 9.70. The molecule has 5 rings (SSSR count). The molecule has 0 bridgehead atoms. The van der Waals surface area contributed by atoms with Gasteiger partial charge in [0.1, 0.15) is 0 Å². The molecular weight excluding hydrogens is 435 g/mol. The summed E-state index contributed by atoms with van der Waals surface area (Å²) in [5.41, 5.74) is -0.0496. The van der Waals surface area contributed by atoms with Crippen molar-refractivity contribution in [2.75, 3.05) is 26.4 Å². The Bertz CT molecular complexity index is 905. The predicted molar refractivity (Wildman–Crippen MR) is 114 cm³/mol. The van der Waals surface area contributed by atoms with Crippen LogP contribution in [0.5, 0.6) is 0 Å². The molecule has 1 aromatic heterocycles. The van der Waals surface area contributed by atoms with E-state index in [-0.39, 0.29) is 37.1 Å². The summed E-state index contributed by atoms with van der Waals surface area (Å²) in [6.45, 7) is 4.46. The van der Waals surface area contributed by atoms with E-state index in [1.54, 1.807) is 0 Å². The molecule has 4 heterocycles. The molecule has 182 valence electrons. The summed E-state index contributed by atoms with van der Waals surface area (Å²) in [4.78, 5) is 22.1. The number of aromatic nitrogens is 1. The van der Waals surface area contributed by atoms with Crippen LogP contribution >= 0.6 is 0 Å². The van der Waals surface area contributed by atoms with E-state index in [1.807, 2.05) is 4.90 Å². The van der Waals surface area contributed by atoms with Crippen LogP contribution in [0.4, 0.5) is 13.2 Å². The lowest BCUT2D eigenvalue weighted by atomic mass is 9.73. The Morgan fingerprint density at radius 3 is 2.73 bits per heavy atom. The minimum Gasteiger partial charge on any atom is -0.395 e. The molecule has 4 atom stereocenters. The van der Waals surface area contributed by atoms with Gasteiger partial charge in [0.15, 0.2) is 0 Å². The van der Waals surface area contributed by atoms with Crippen molar-refractivity contribution in [1.29, 1.82) is 0 Å². The number of pyridine rings is 1. The maximum absolute atomic E-state index is 13.8. The van der Waals surface area contributed by atoms with Crippen LogP contribution in [0.25, 0.3) is 0 Å². The summed E-state index contributed by atoms with van der Waals surface area (Å²) in [5.74, 6) is 0.194. The van der Waals surface area contributed by atoms with Gasteiger partial charge in [-0.3, -0.25) is 14.7 Å². The van der Waals surface area contributed by atoms with Crippen molar-refractivity contribution in [3.8, 4) is 0 Å². The fourth-order valence-corrected chi connectivity index (χ4v) is 6.88. The van der Waals surface area contributed by atoms with Gasteiger partial charge in [0.05, 0.1) is 17.6 Å². The van der Waals surface area contributed by atoms with Crippen LogP contribution in [-0.4, -0.2) is 70.3 Å². The minimum absolute atomic E-state index is 0.0256. The number of alkyl halides is 3. The molecule has 1 aromatic rings. The van der Waals surface area contributed by atoms with Gasteiger partial charge in [0.25, 0.3) is 0 Å². The Balaban J connectivity index is 1.37. The number of hydrogen-bond donors (Lipinski definition) is 1. The first-order valence-corrected chi connectivity index (χ1v) is 12.0. The van der Waals surface area contributed by atoms with Gasteiger partial charge in [-0.25, -0.2) is 0 Å². The zero-order valence-corrected chi connectivity index (χ0v) is 19.0. The van der Waals surface area contributed by atoms with Gasteiger partial charge in [-0.05, 0) is 49.7 Å². The number of carbonyl (C=O) groups is 1. The molecule has 33 heavy (non-hydrogen) atoms. The number of carbonyl (C=O) groups excluding carboxylic acids is 1. The number of aliphatic hydroxyl groups is 1. The number of halogens is 3.